The Bertz CT molecular complexity index is 389. The molecule has 20 heavy (non-hydrogen) atoms. The van der Waals surface area contributed by atoms with E-state index in [1.165, 1.54) is 11.3 Å². The van der Waals surface area contributed by atoms with Gasteiger partial charge in [-0.1, -0.05) is 5.92 Å². The van der Waals surface area contributed by atoms with Gasteiger partial charge in [-0.3, -0.25) is 0 Å². The Morgan fingerprint density at radius 2 is 2.00 bits per heavy atom. The van der Waals surface area contributed by atoms with E-state index < -0.39 is 0 Å². The van der Waals surface area contributed by atoms with Crippen LogP contribution in [0.2, 0.25) is 0 Å². The van der Waals surface area contributed by atoms with Crippen LogP contribution in [0, 0.1) is 11.8 Å². The number of hydrogen-bond donors (Lipinski definition) is 1. The standard InChI is InChI=1S/C13H21N3O3S/c1-2-3-4-12(14)19-10-9-18-8-7-17-6-5-13-16-15-11-20-13/h11-12H,4-10,14H2,1H3. The lowest BCUT2D eigenvalue weighted by Gasteiger charge is -2.10. The van der Waals surface area contributed by atoms with Crippen LogP contribution in [0.4, 0.5) is 0 Å². The Hall–Kier alpha value is -1.04. The van der Waals surface area contributed by atoms with Crippen molar-refractivity contribution in [3.8, 4) is 11.8 Å². The molecule has 0 aliphatic heterocycles. The quantitative estimate of drug-likeness (QED) is 0.370. The molecule has 0 spiro atoms. The zero-order valence-corrected chi connectivity index (χ0v) is 12.5. The molecule has 0 saturated carbocycles. The maximum atomic E-state index is 5.67. The van der Waals surface area contributed by atoms with Crippen molar-refractivity contribution in [2.24, 2.45) is 5.73 Å². The molecule has 1 unspecified atom stereocenters. The summed E-state index contributed by atoms with van der Waals surface area (Å²) in [7, 11) is 0. The summed E-state index contributed by atoms with van der Waals surface area (Å²) in [5, 5.41) is 8.68. The first-order valence-electron chi connectivity index (χ1n) is 6.50. The van der Waals surface area contributed by atoms with E-state index in [1.54, 1.807) is 12.4 Å². The van der Waals surface area contributed by atoms with Gasteiger partial charge in [-0.05, 0) is 6.92 Å². The number of ether oxygens (including phenoxy) is 3. The highest BCUT2D eigenvalue weighted by Crippen LogP contribution is 2.01. The fraction of sp³-hybridized carbons (Fsp3) is 0.692. The van der Waals surface area contributed by atoms with Gasteiger partial charge in [0.15, 0.2) is 0 Å². The molecule has 6 nitrogen and oxygen atoms in total. The predicted molar refractivity (Wildman–Crippen MR) is 77.2 cm³/mol. The summed E-state index contributed by atoms with van der Waals surface area (Å²) in [6, 6.07) is 0. The van der Waals surface area contributed by atoms with Crippen molar-refractivity contribution in [1.29, 1.82) is 0 Å². The summed E-state index contributed by atoms with van der Waals surface area (Å²) in [5.41, 5.74) is 7.39. The van der Waals surface area contributed by atoms with E-state index in [0.717, 1.165) is 11.4 Å². The second-order valence-electron chi connectivity index (χ2n) is 3.85. The Morgan fingerprint density at radius 3 is 2.70 bits per heavy atom. The molecule has 0 aromatic carbocycles. The molecule has 1 rings (SSSR count). The fourth-order valence-corrected chi connectivity index (χ4v) is 1.82. The zero-order chi connectivity index (χ0) is 14.5. The second kappa shape index (κ2) is 11.8. The first kappa shape index (κ1) is 17.0. The van der Waals surface area contributed by atoms with Gasteiger partial charge in [0.05, 0.1) is 33.0 Å². The van der Waals surface area contributed by atoms with Crippen LogP contribution in [0.5, 0.6) is 0 Å². The zero-order valence-electron chi connectivity index (χ0n) is 11.7. The molecule has 112 valence electrons. The van der Waals surface area contributed by atoms with Gasteiger partial charge in [0.1, 0.15) is 16.7 Å². The smallest absolute Gasteiger partial charge is 0.119 e. The monoisotopic (exact) mass is 299 g/mol. The number of aromatic nitrogens is 2. The van der Waals surface area contributed by atoms with Gasteiger partial charge in [0.2, 0.25) is 0 Å². The number of nitrogens with two attached hydrogens (primary N) is 1. The molecule has 0 fully saturated rings. The van der Waals surface area contributed by atoms with E-state index in [-0.39, 0.29) is 6.23 Å². The van der Waals surface area contributed by atoms with E-state index in [1.807, 2.05) is 0 Å². The third-order valence-electron chi connectivity index (χ3n) is 2.28. The molecule has 1 heterocycles. The SMILES string of the molecule is CC#CCC(N)OCCOCCOCCc1nncs1. The van der Waals surface area contributed by atoms with Crippen LogP contribution in [0.25, 0.3) is 0 Å². The molecule has 1 atom stereocenters. The molecule has 0 bridgehead atoms. The van der Waals surface area contributed by atoms with Crippen LogP contribution in [-0.4, -0.2) is 49.5 Å². The molecule has 0 aliphatic rings. The van der Waals surface area contributed by atoms with E-state index in [0.29, 0.717) is 39.5 Å². The second-order valence-corrected chi connectivity index (χ2v) is 4.77. The average molecular weight is 299 g/mol. The van der Waals surface area contributed by atoms with Crippen molar-refractivity contribution < 1.29 is 14.2 Å². The Labute approximate surface area is 123 Å². The van der Waals surface area contributed by atoms with E-state index in [2.05, 4.69) is 22.0 Å². The lowest BCUT2D eigenvalue weighted by atomic mass is 10.4. The lowest BCUT2D eigenvalue weighted by Crippen LogP contribution is -2.25. The topological polar surface area (TPSA) is 79.5 Å². The molecule has 2 N–H and O–H groups in total. The van der Waals surface area contributed by atoms with Gasteiger partial charge < -0.3 is 19.9 Å². The highest BCUT2D eigenvalue weighted by atomic mass is 32.1. The summed E-state index contributed by atoms with van der Waals surface area (Å²) < 4.78 is 16.1. The number of hydrogen-bond acceptors (Lipinski definition) is 7. The van der Waals surface area contributed by atoms with Crippen LogP contribution in [0.1, 0.15) is 18.4 Å². The molecule has 1 aromatic rings. The van der Waals surface area contributed by atoms with Crippen molar-refractivity contribution in [2.75, 3.05) is 33.0 Å². The normalized spacial score (nSPS) is 11.9. The Balaban J connectivity index is 1.81. The average Bonchev–Trinajstić information content (AvgIpc) is 2.96. The molecule has 7 heteroatoms. The minimum absolute atomic E-state index is 0.339. The molecule has 1 aromatic heterocycles. The van der Waals surface area contributed by atoms with Gasteiger partial charge in [-0.25, -0.2) is 0 Å². The third kappa shape index (κ3) is 8.96. The predicted octanol–water partition coefficient (Wildman–Crippen LogP) is 0.829. The fourth-order valence-electron chi connectivity index (χ4n) is 1.31. The highest BCUT2D eigenvalue weighted by molar-refractivity contribution is 7.09. The maximum absolute atomic E-state index is 5.67. The van der Waals surface area contributed by atoms with E-state index in [4.69, 9.17) is 19.9 Å². The van der Waals surface area contributed by atoms with Crippen LogP contribution in [0.15, 0.2) is 5.51 Å². The minimum Gasteiger partial charge on any atom is -0.379 e. The van der Waals surface area contributed by atoms with E-state index in [9.17, 15) is 0 Å². The summed E-state index contributed by atoms with van der Waals surface area (Å²) in [6.07, 6.45) is 1.00. The Morgan fingerprint density at radius 1 is 1.25 bits per heavy atom. The third-order valence-corrected chi connectivity index (χ3v) is 3.03. The first-order valence-corrected chi connectivity index (χ1v) is 7.38. The van der Waals surface area contributed by atoms with Gasteiger partial charge in [-0.2, -0.15) is 0 Å². The van der Waals surface area contributed by atoms with Crippen molar-refractivity contribution in [1.82, 2.24) is 10.2 Å². The molecule has 0 amide bonds. The van der Waals surface area contributed by atoms with Crippen LogP contribution in [0.3, 0.4) is 0 Å². The van der Waals surface area contributed by atoms with Crippen LogP contribution in [-0.2, 0) is 20.6 Å². The molecule has 0 saturated heterocycles. The lowest BCUT2D eigenvalue weighted by molar-refractivity contribution is -0.00767. The van der Waals surface area contributed by atoms with Crippen molar-refractivity contribution >= 4 is 11.3 Å². The summed E-state index contributed by atoms with van der Waals surface area (Å²) in [5.74, 6) is 5.64. The maximum Gasteiger partial charge on any atom is 0.119 e. The largest absolute Gasteiger partial charge is 0.379 e. The number of nitrogens with zero attached hydrogens (tertiary/aromatic N) is 2. The molecule has 0 radical (unpaired) electrons. The van der Waals surface area contributed by atoms with Gasteiger partial charge in [0, 0.05) is 12.8 Å². The molecular formula is C13H21N3O3S. The first-order chi connectivity index (χ1) is 9.83. The van der Waals surface area contributed by atoms with Crippen molar-refractivity contribution in [2.45, 2.75) is 26.0 Å². The highest BCUT2D eigenvalue weighted by Gasteiger charge is 1.99. The minimum atomic E-state index is -0.339. The Kier molecular flexibility index (Phi) is 10.0. The van der Waals surface area contributed by atoms with Gasteiger partial charge in [-0.15, -0.1) is 27.5 Å². The van der Waals surface area contributed by atoms with Crippen LogP contribution < -0.4 is 5.73 Å². The van der Waals surface area contributed by atoms with Gasteiger partial charge in [0.25, 0.3) is 0 Å². The molecular weight excluding hydrogens is 278 g/mol. The summed E-state index contributed by atoms with van der Waals surface area (Å²) in [4.78, 5) is 0. The summed E-state index contributed by atoms with van der Waals surface area (Å²) in [6.45, 7) is 4.50. The van der Waals surface area contributed by atoms with E-state index >= 15 is 0 Å². The molecule has 0 aliphatic carbocycles. The summed E-state index contributed by atoms with van der Waals surface area (Å²) >= 11 is 1.53. The number of rotatable bonds is 11. The van der Waals surface area contributed by atoms with Gasteiger partial charge >= 0.3 is 0 Å². The van der Waals surface area contributed by atoms with Crippen molar-refractivity contribution in [3.63, 3.8) is 0 Å². The van der Waals surface area contributed by atoms with Crippen molar-refractivity contribution in [3.05, 3.63) is 10.5 Å². The van der Waals surface area contributed by atoms with Crippen LogP contribution >= 0.6 is 11.3 Å².